The summed E-state index contributed by atoms with van der Waals surface area (Å²) in [6.07, 6.45) is 2.41. The molecular formula is C15H25Cl2N5O. The molecule has 0 saturated carbocycles. The second-order valence-electron chi connectivity index (χ2n) is 5.95. The monoisotopic (exact) mass is 361 g/mol. The Hall–Kier alpha value is -1.11. The van der Waals surface area contributed by atoms with Crippen LogP contribution in [-0.4, -0.2) is 59.3 Å². The molecule has 0 aliphatic carbocycles. The average Bonchev–Trinajstić information content (AvgIpc) is 3.04. The smallest absolute Gasteiger partial charge is 0.274 e. The third-order valence-corrected chi connectivity index (χ3v) is 4.59. The summed E-state index contributed by atoms with van der Waals surface area (Å²) in [6, 6.07) is 4.20. The van der Waals surface area contributed by atoms with Crippen LogP contribution in [0, 0.1) is 0 Å². The maximum absolute atomic E-state index is 12.6. The van der Waals surface area contributed by atoms with Gasteiger partial charge in [-0.25, -0.2) is 0 Å². The number of carbonyl (C=O) groups is 1. The summed E-state index contributed by atoms with van der Waals surface area (Å²) in [5.74, 6) is 0.863. The van der Waals surface area contributed by atoms with Gasteiger partial charge in [0.05, 0.1) is 0 Å². The predicted octanol–water partition coefficient (Wildman–Crippen LogP) is 1.74. The molecule has 8 heteroatoms. The van der Waals surface area contributed by atoms with Crippen LogP contribution < -0.4 is 10.2 Å². The highest BCUT2D eigenvalue weighted by molar-refractivity contribution is 5.92. The minimum absolute atomic E-state index is 0. The molecule has 3 rings (SSSR count). The number of hydrogen-bond acceptors (Lipinski definition) is 5. The molecule has 1 amide bonds. The van der Waals surface area contributed by atoms with Crippen LogP contribution in [0.3, 0.4) is 0 Å². The molecule has 6 nitrogen and oxygen atoms in total. The van der Waals surface area contributed by atoms with Gasteiger partial charge in [0.2, 0.25) is 0 Å². The maximum atomic E-state index is 12.6. The van der Waals surface area contributed by atoms with Crippen molar-refractivity contribution < 1.29 is 4.79 Å². The normalized spacial score (nSPS) is 23.9. The molecular weight excluding hydrogens is 337 g/mol. The summed E-state index contributed by atoms with van der Waals surface area (Å²) < 4.78 is 0. The fraction of sp³-hybridized carbons (Fsp3) is 0.667. The van der Waals surface area contributed by atoms with Crippen molar-refractivity contribution >= 4 is 36.5 Å². The van der Waals surface area contributed by atoms with Gasteiger partial charge in [-0.1, -0.05) is 0 Å². The van der Waals surface area contributed by atoms with E-state index in [4.69, 9.17) is 0 Å². The fourth-order valence-corrected chi connectivity index (χ4v) is 3.04. The first-order chi connectivity index (χ1) is 10.2. The number of hydrogen-bond donors (Lipinski definition) is 1. The van der Waals surface area contributed by atoms with E-state index in [0.717, 1.165) is 32.0 Å². The second kappa shape index (κ2) is 8.66. The molecule has 130 valence electrons. The number of nitrogens with zero attached hydrogens (tertiary/aromatic N) is 4. The highest BCUT2D eigenvalue weighted by atomic mass is 35.5. The van der Waals surface area contributed by atoms with Gasteiger partial charge in [0.15, 0.2) is 11.5 Å². The van der Waals surface area contributed by atoms with E-state index in [1.807, 2.05) is 17.0 Å². The van der Waals surface area contributed by atoms with Crippen LogP contribution in [0.25, 0.3) is 0 Å². The fourth-order valence-electron chi connectivity index (χ4n) is 3.04. The van der Waals surface area contributed by atoms with Crippen molar-refractivity contribution in [1.82, 2.24) is 20.4 Å². The van der Waals surface area contributed by atoms with Gasteiger partial charge >= 0.3 is 0 Å². The molecule has 2 fully saturated rings. The van der Waals surface area contributed by atoms with Crippen molar-refractivity contribution in [1.29, 1.82) is 0 Å². The Morgan fingerprint density at radius 1 is 1.13 bits per heavy atom. The van der Waals surface area contributed by atoms with E-state index < -0.39 is 0 Å². The van der Waals surface area contributed by atoms with E-state index in [0.29, 0.717) is 11.7 Å². The topological polar surface area (TPSA) is 61.4 Å². The molecule has 2 aliphatic heterocycles. The Morgan fingerprint density at radius 3 is 2.43 bits per heavy atom. The van der Waals surface area contributed by atoms with Crippen LogP contribution in [0.5, 0.6) is 0 Å². The summed E-state index contributed by atoms with van der Waals surface area (Å²) in [6.45, 7) is 7.80. The highest BCUT2D eigenvalue weighted by Crippen LogP contribution is 2.18. The van der Waals surface area contributed by atoms with E-state index in [1.165, 1.54) is 12.8 Å². The van der Waals surface area contributed by atoms with Gasteiger partial charge in [0, 0.05) is 38.3 Å². The van der Waals surface area contributed by atoms with Gasteiger partial charge in [0.1, 0.15) is 0 Å². The molecule has 3 heterocycles. The summed E-state index contributed by atoms with van der Waals surface area (Å²) >= 11 is 0. The van der Waals surface area contributed by atoms with Crippen LogP contribution in [-0.2, 0) is 0 Å². The van der Waals surface area contributed by atoms with Gasteiger partial charge in [0.25, 0.3) is 5.91 Å². The Bertz CT molecular complexity index is 507. The largest absolute Gasteiger partial charge is 0.355 e. The van der Waals surface area contributed by atoms with Crippen molar-refractivity contribution in [2.24, 2.45) is 0 Å². The van der Waals surface area contributed by atoms with Crippen molar-refractivity contribution in [3.05, 3.63) is 17.8 Å². The molecule has 0 spiro atoms. The molecule has 0 aromatic carbocycles. The third-order valence-electron chi connectivity index (χ3n) is 4.59. The summed E-state index contributed by atoms with van der Waals surface area (Å²) in [7, 11) is 0. The number of aromatic nitrogens is 2. The summed E-state index contributed by atoms with van der Waals surface area (Å²) in [5, 5.41) is 11.8. The number of amides is 1. The zero-order chi connectivity index (χ0) is 14.8. The van der Waals surface area contributed by atoms with Gasteiger partial charge in [-0.2, -0.15) is 0 Å². The van der Waals surface area contributed by atoms with E-state index in [2.05, 4.69) is 34.3 Å². The predicted molar refractivity (Wildman–Crippen MR) is 95.9 cm³/mol. The molecule has 2 unspecified atom stereocenters. The molecule has 1 N–H and O–H groups in total. The molecule has 23 heavy (non-hydrogen) atoms. The van der Waals surface area contributed by atoms with Crippen LogP contribution >= 0.6 is 24.8 Å². The number of anilines is 1. The van der Waals surface area contributed by atoms with Gasteiger partial charge in [-0.15, -0.1) is 35.0 Å². The van der Waals surface area contributed by atoms with Gasteiger partial charge in [-0.3, -0.25) is 4.79 Å². The van der Waals surface area contributed by atoms with Crippen LogP contribution in [0.4, 0.5) is 5.82 Å². The molecule has 1 aromatic rings. The molecule has 2 saturated heterocycles. The number of carbonyl (C=O) groups excluding carboxylic acids is 1. The van der Waals surface area contributed by atoms with E-state index in [9.17, 15) is 4.79 Å². The quantitative estimate of drug-likeness (QED) is 0.869. The van der Waals surface area contributed by atoms with Crippen LogP contribution in [0.1, 0.15) is 37.2 Å². The number of nitrogens with one attached hydrogen (secondary N) is 1. The number of halogens is 2. The average molecular weight is 362 g/mol. The summed E-state index contributed by atoms with van der Waals surface area (Å²) in [5.41, 5.74) is 0.443. The van der Waals surface area contributed by atoms with Crippen molar-refractivity contribution in [3.63, 3.8) is 0 Å². The van der Waals surface area contributed by atoms with Crippen LogP contribution in [0.2, 0.25) is 0 Å². The highest BCUT2D eigenvalue weighted by Gasteiger charge is 2.29. The van der Waals surface area contributed by atoms with Crippen molar-refractivity contribution in [2.45, 2.75) is 38.8 Å². The zero-order valence-electron chi connectivity index (χ0n) is 13.6. The minimum Gasteiger partial charge on any atom is -0.355 e. The van der Waals surface area contributed by atoms with Gasteiger partial charge < -0.3 is 15.1 Å². The Labute approximate surface area is 149 Å². The minimum atomic E-state index is -0.0173. The number of rotatable bonds is 2. The van der Waals surface area contributed by atoms with Crippen molar-refractivity contribution in [2.75, 3.05) is 31.1 Å². The Balaban J connectivity index is 0.00000132. The zero-order valence-corrected chi connectivity index (χ0v) is 15.2. The maximum Gasteiger partial charge on any atom is 0.274 e. The lowest BCUT2D eigenvalue weighted by atomic mass is 10.1. The molecule has 0 radical (unpaired) electrons. The first-order valence-electron chi connectivity index (χ1n) is 7.80. The molecule has 2 aliphatic rings. The molecule has 1 aromatic heterocycles. The first-order valence-corrected chi connectivity index (χ1v) is 7.80. The summed E-state index contributed by atoms with van der Waals surface area (Å²) in [4.78, 5) is 16.7. The lowest BCUT2D eigenvalue weighted by Gasteiger charge is -2.38. The van der Waals surface area contributed by atoms with Gasteiger partial charge in [-0.05, 0) is 38.8 Å². The second-order valence-corrected chi connectivity index (χ2v) is 5.95. The standard InChI is InChI=1S/C15H23N5O.2ClH/c1-11-12(2)20(10-7-16-11)15(21)13-5-6-14(18-17-13)19-8-3-4-9-19;;/h5-6,11-12,16H,3-4,7-10H2,1-2H3;2*1H. The SMILES string of the molecule is CC1NCCN(C(=O)c2ccc(N3CCCC3)nn2)C1C.Cl.Cl. The van der Waals surface area contributed by atoms with E-state index >= 15 is 0 Å². The first kappa shape index (κ1) is 19.9. The lowest BCUT2D eigenvalue weighted by molar-refractivity contribution is 0.0595. The Kier molecular flexibility index (Phi) is 7.51. The third kappa shape index (κ3) is 4.25. The molecule has 0 bridgehead atoms. The number of piperazine rings is 1. The van der Waals surface area contributed by atoms with Crippen LogP contribution in [0.15, 0.2) is 12.1 Å². The molecule has 2 atom stereocenters. The van der Waals surface area contributed by atoms with E-state index in [-0.39, 0.29) is 36.8 Å². The van der Waals surface area contributed by atoms with Crippen molar-refractivity contribution in [3.8, 4) is 0 Å². The lowest BCUT2D eigenvalue weighted by Crippen LogP contribution is -2.57. The van der Waals surface area contributed by atoms with E-state index in [1.54, 1.807) is 0 Å². The Morgan fingerprint density at radius 2 is 1.83 bits per heavy atom.